The minimum atomic E-state index is 1.04. The number of aromatic nitrogens is 3. The molecule has 0 saturated heterocycles. The highest BCUT2D eigenvalue weighted by Crippen LogP contribution is 2.33. The summed E-state index contributed by atoms with van der Waals surface area (Å²) in [6.07, 6.45) is 6.03. The van der Waals surface area contributed by atoms with Crippen molar-refractivity contribution < 1.29 is 0 Å². The van der Waals surface area contributed by atoms with Crippen LogP contribution in [0.3, 0.4) is 0 Å². The minimum Gasteiger partial charge on any atom is -0.296 e. The quantitative estimate of drug-likeness (QED) is 0.445. The van der Waals surface area contributed by atoms with E-state index in [1.807, 2.05) is 18.5 Å². The van der Waals surface area contributed by atoms with Crippen LogP contribution in [0.4, 0.5) is 0 Å². The van der Waals surface area contributed by atoms with Gasteiger partial charge in [-0.2, -0.15) is 0 Å². The molecule has 0 aliphatic carbocycles. The zero-order valence-electron chi connectivity index (χ0n) is 10.3. The lowest BCUT2D eigenvalue weighted by molar-refractivity contribution is 0.876. The molecule has 1 aliphatic rings. The van der Waals surface area contributed by atoms with Crippen molar-refractivity contribution in [3.63, 3.8) is 0 Å². The first kappa shape index (κ1) is 9.50. The van der Waals surface area contributed by atoms with E-state index in [0.29, 0.717) is 0 Å². The molecule has 0 radical (unpaired) electrons. The van der Waals surface area contributed by atoms with Crippen LogP contribution in [0.25, 0.3) is 27.5 Å². The Kier molecular flexibility index (Phi) is 1.56. The van der Waals surface area contributed by atoms with Gasteiger partial charge in [0.05, 0.1) is 11.0 Å². The Bertz CT molecular complexity index is 966. The van der Waals surface area contributed by atoms with Gasteiger partial charge < -0.3 is 0 Å². The fourth-order valence-electron chi connectivity index (χ4n) is 3.31. The molecule has 4 aromatic rings. The normalized spacial score (nSPS) is 13.9. The Morgan fingerprint density at radius 1 is 0.947 bits per heavy atom. The average Bonchev–Trinajstić information content (AvgIpc) is 2.91. The van der Waals surface area contributed by atoms with Crippen molar-refractivity contribution >= 4 is 27.5 Å². The lowest BCUT2D eigenvalue weighted by Crippen LogP contribution is -2.07. The summed E-state index contributed by atoms with van der Waals surface area (Å²) in [5.41, 5.74) is 6.11. The van der Waals surface area contributed by atoms with E-state index in [9.17, 15) is 0 Å². The molecular weight excluding hydrogens is 234 g/mol. The Labute approximate surface area is 109 Å². The summed E-state index contributed by atoms with van der Waals surface area (Å²) < 4.78 is 2.32. The number of fused-ring (bicyclic) bond motifs is 3. The number of benzene rings is 1. The van der Waals surface area contributed by atoms with Gasteiger partial charge in [-0.25, -0.2) is 4.98 Å². The van der Waals surface area contributed by atoms with Crippen molar-refractivity contribution in [1.82, 2.24) is 14.4 Å². The predicted molar refractivity (Wildman–Crippen MR) is 75.4 cm³/mol. The van der Waals surface area contributed by atoms with Gasteiger partial charge >= 0.3 is 0 Å². The molecule has 0 amide bonds. The standard InChI is InChI=1S/C16H11N3/c1-3-10-6-7-11-9-18-16-13-5-2-8-17-14(13)12(4-1)15(10)19(11)16/h1-5,8-9H,6-7H2. The molecule has 0 fully saturated rings. The summed E-state index contributed by atoms with van der Waals surface area (Å²) in [4.78, 5) is 9.20. The van der Waals surface area contributed by atoms with Crippen LogP contribution in [-0.2, 0) is 12.8 Å². The van der Waals surface area contributed by atoms with Crippen molar-refractivity contribution in [1.29, 1.82) is 0 Å². The Hall–Kier alpha value is -2.42. The van der Waals surface area contributed by atoms with Crippen molar-refractivity contribution in [3.8, 4) is 0 Å². The zero-order chi connectivity index (χ0) is 12.4. The van der Waals surface area contributed by atoms with Gasteiger partial charge in [0, 0.05) is 28.9 Å². The first-order chi connectivity index (χ1) is 9.43. The van der Waals surface area contributed by atoms with Crippen molar-refractivity contribution in [3.05, 3.63) is 54.0 Å². The van der Waals surface area contributed by atoms with Gasteiger partial charge in [-0.3, -0.25) is 9.38 Å². The Morgan fingerprint density at radius 2 is 1.89 bits per heavy atom. The molecule has 1 aromatic carbocycles. The maximum absolute atomic E-state index is 4.62. The Balaban J connectivity index is 2.27. The smallest absolute Gasteiger partial charge is 0.146 e. The number of para-hydroxylation sites is 1. The second-order valence-corrected chi connectivity index (χ2v) is 5.12. The number of imidazole rings is 1. The van der Waals surface area contributed by atoms with Gasteiger partial charge in [0.15, 0.2) is 0 Å². The molecule has 0 spiro atoms. The third kappa shape index (κ3) is 1.04. The van der Waals surface area contributed by atoms with Crippen LogP contribution >= 0.6 is 0 Å². The summed E-state index contributed by atoms with van der Waals surface area (Å²) in [7, 11) is 0. The Morgan fingerprint density at radius 3 is 2.89 bits per heavy atom. The van der Waals surface area contributed by atoms with Gasteiger partial charge in [0.25, 0.3) is 0 Å². The van der Waals surface area contributed by atoms with Gasteiger partial charge in [0.1, 0.15) is 5.65 Å². The highest BCUT2D eigenvalue weighted by Gasteiger charge is 2.19. The molecule has 1 aliphatic heterocycles. The third-order valence-corrected chi connectivity index (χ3v) is 4.13. The average molecular weight is 245 g/mol. The SMILES string of the molecule is c1cnc2c(c1)c1ncc3n1c1c(cccc21)CC3. The van der Waals surface area contributed by atoms with E-state index >= 15 is 0 Å². The lowest BCUT2D eigenvalue weighted by atomic mass is 9.99. The molecular formula is C16H11N3. The van der Waals surface area contributed by atoms with E-state index in [1.54, 1.807) is 0 Å². The van der Waals surface area contributed by atoms with Crippen LogP contribution in [0.1, 0.15) is 11.3 Å². The number of pyridine rings is 2. The number of hydrogen-bond donors (Lipinski definition) is 0. The van der Waals surface area contributed by atoms with E-state index in [2.05, 4.69) is 38.6 Å². The second kappa shape index (κ2) is 3.12. The molecule has 3 aromatic heterocycles. The molecule has 5 rings (SSSR count). The summed E-state index contributed by atoms with van der Waals surface area (Å²) in [6.45, 7) is 0. The molecule has 0 unspecified atom stereocenters. The molecule has 19 heavy (non-hydrogen) atoms. The van der Waals surface area contributed by atoms with E-state index in [1.165, 1.54) is 22.2 Å². The van der Waals surface area contributed by atoms with Crippen LogP contribution in [0, 0.1) is 0 Å². The number of nitrogens with zero attached hydrogens (tertiary/aromatic N) is 3. The van der Waals surface area contributed by atoms with E-state index in [-0.39, 0.29) is 0 Å². The highest BCUT2D eigenvalue weighted by atomic mass is 15.0. The summed E-state index contributed by atoms with van der Waals surface area (Å²) in [5, 5.41) is 2.37. The summed E-state index contributed by atoms with van der Waals surface area (Å²) >= 11 is 0. The first-order valence-electron chi connectivity index (χ1n) is 6.58. The number of aryl methyl sites for hydroxylation is 2. The molecule has 4 heterocycles. The molecule has 3 nitrogen and oxygen atoms in total. The summed E-state index contributed by atoms with van der Waals surface area (Å²) in [6, 6.07) is 10.6. The molecule has 0 atom stereocenters. The maximum atomic E-state index is 4.62. The fourth-order valence-corrected chi connectivity index (χ4v) is 3.31. The predicted octanol–water partition coefficient (Wildman–Crippen LogP) is 3.13. The zero-order valence-corrected chi connectivity index (χ0v) is 10.3. The van der Waals surface area contributed by atoms with Crippen LogP contribution in [0.15, 0.2) is 42.7 Å². The van der Waals surface area contributed by atoms with Gasteiger partial charge in [-0.05, 0) is 30.5 Å². The van der Waals surface area contributed by atoms with Crippen LogP contribution in [-0.4, -0.2) is 14.4 Å². The minimum absolute atomic E-state index is 1.04. The lowest BCUT2D eigenvalue weighted by Gasteiger charge is -2.17. The van der Waals surface area contributed by atoms with Gasteiger partial charge in [-0.15, -0.1) is 0 Å². The fraction of sp³-hybridized carbons (Fsp3) is 0.125. The molecule has 0 saturated carbocycles. The first-order valence-corrected chi connectivity index (χ1v) is 6.58. The number of rotatable bonds is 0. The van der Waals surface area contributed by atoms with E-state index < -0.39 is 0 Å². The largest absolute Gasteiger partial charge is 0.296 e. The van der Waals surface area contributed by atoms with Crippen LogP contribution in [0.5, 0.6) is 0 Å². The van der Waals surface area contributed by atoms with Crippen molar-refractivity contribution in [2.45, 2.75) is 12.8 Å². The van der Waals surface area contributed by atoms with E-state index in [0.717, 1.165) is 29.4 Å². The van der Waals surface area contributed by atoms with Crippen LogP contribution < -0.4 is 0 Å². The van der Waals surface area contributed by atoms with Crippen LogP contribution in [0.2, 0.25) is 0 Å². The highest BCUT2D eigenvalue weighted by molar-refractivity contribution is 6.10. The summed E-state index contributed by atoms with van der Waals surface area (Å²) in [5.74, 6) is 0. The van der Waals surface area contributed by atoms with Gasteiger partial charge in [0.2, 0.25) is 0 Å². The second-order valence-electron chi connectivity index (χ2n) is 5.12. The van der Waals surface area contributed by atoms with Crippen molar-refractivity contribution in [2.24, 2.45) is 0 Å². The third-order valence-electron chi connectivity index (χ3n) is 4.13. The van der Waals surface area contributed by atoms with E-state index in [4.69, 9.17) is 0 Å². The molecule has 0 N–H and O–H groups in total. The number of hydrogen-bond acceptors (Lipinski definition) is 2. The molecule has 3 heteroatoms. The molecule has 90 valence electrons. The maximum Gasteiger partial charge on any atom is 0.146 e. The molecule has 0 bridgehead atoms. The van der Waals surface area contributed by atoms with Crippen molar-refractivity contribution in [2.75, 3.05) is 0 Å². The van der Waals surface area contributed by atoms with Gasteiger partial charge in [-0.1, -0.05) is 18.2 Å². The monoisotopic (exact) mass is 245 g/mol. The topological polar surface area (TPSA) is 30.2 Å².